The van der Waals surface area contributed by atoms with Crippen LogP contribution in [0.2, 0.25) is 0 Å². The van der Waals surface area contributed by atoms with Gasteiger partial charge in [0.1, 0.15) is 12.1 Å². The van der Waals surface area contributed by atoms with Gasteiger partial charge < -0.3 is 9.47 Å². The summed E-state index contributed by atoms with van der Waals surface area (Å²) in [6, 6.07) is 9.76. The molecule has 3 heterocycles. The van der Waals surface area contributed by atoms with E-state index >= 15 is 0 Å². The number of rotatable bonds is 3. The Morgan fingerprint density at radius 3 is 2.86 bits per heavy atom. The van der Waals surface area contributed by atoms with Crippen molar-refractivity contribution in [1.82, 2.24) is 5.06 Å². The number of ether oxygens (including phenoxy) is 2. The lowest BCUT2D eigenvalue weighted by Crippen LogP contribution is -2.35. The lowest BCUT2D eigenvalue weighted by molar-refractivity contribution is -0.204. The molecule has 1 aromatic carbocycles. The van der Waals surface area contributed by atoms with Crippen molar-refractivity contribution in [3.63, 3.8) is 0 Å². The molecule has 3 aliphatic heterocycles. The highest BCUT2D eigenvalue weighted by Gasteiger charge is 2.55. The number of fused-ring (bicyclic) bond motifs is 1. The quantitative estimate of drug-likeness (QED) is 0.790. The standard InChI is InChI=1S/C16H19NO4/c18-16-14-12(10-20-16)15(13-7-4-8-19-13)21-17(14)9-11-5-2-1-3-6-11/h1-3,5-6,12-15H,4,7-10H2/t12-,13+,14+,15+/m0/s1. The van der Waals surface area contributed by atoms with E-state index in [9.17, 15) is 4.79 Å². The van der Waals surface area contributed by atoms with Crippen molar-refractivity contribution in [2.45, 2.75) is 37.6 Å². The van der Waals surface area contributed by atoms with Crippen LogP contribution < -0.4 is 0 Å². The minimum absolute atomic E-state index is 0.0623. The number of hydrogen-bond acceptors (Lipinski definition) is 5. The van der Waals surface area contributed by atoms with Crippen molar-refractivity contribution < 1.29 is 19.1 Å². The number of cyclic esters (lactones) is 1. The summed E-state index contributed by atoms with van der Waals surface area (Å²) >= 11 is 0. The summed E-state index contributed by atoms with van der Waals surface area (Å²) in [4.78, 5) is 18.1. The van der Waals surface area contributed by atoms with E-state index in [1.165, 1.54) is 0 Å². The molecule has 3 aliphatic rings. The molecule has 0 amide bonds. The van der Waals surface area contributed by atoms with Crippen LogP contribution in [0, 0.1) is 5.92 Å². The van der Waals surface area contributed by atoms with Crippen molar-refractivity contribution in [2.24, 2.45) is 5.92 Å². The van der Waals surface area contributed by atoms with Crippen LogP contribution in [-0.2, 0) is 25.7 Å². The summed E-state index contributed by atoms with van der Waals surface area (Å²) in [7, 11) is 0. The number of hydrogen-bond donors (Lipinski definition) is 0. The molecule has 0 aliphatic carbocycles. The fourth-order valence-electron chi connectivity index (χ4n) is 3.54. The van der Waals surface area contributed by atoms with Gasteiger partial charge in [-0.15, -0.1) is 0 Å². The molecule has 0 aromatic heterocycles. The highest BCUT2D eigenvalue weighted by Crippen LogP contribution is 2.38. The highest BCUT2D eigenvalue weighted by atomic mass is 16.7. The zero-order valence-electron chi connectivity index (χ0n) is 11.8. The lowest BCUT2D eigenvalue weighted by atomic mass is 9.93. The van der Waals surface area contributed by atoms with Crippen LogP contribution in [0.5, 0.6) is 0 Å². The van der Waals surface area contributed by atoms with Gasteiger partial charge in [-0.3, -0.25) is 9.63 Å². The molecule has 0 spiro atoms. The molecule has 0 N–H and O–H groups in total. The third-order valence-electron chi connectivity index (χ3n) is 4.57. The Morgan fingerprint density at radius 1 is 1.24 bits per heavy atom. The second kappa shape index (κ2) is 5.40. The summed E-state index contributed by atoms with van der Waals surface area (Å²) in [6.45, 7) is 1.83. The molecule has 3 fully saturated rings. The Morgan fingerprint density at radius 2 is 2.10 bits per heavy atom. The molecule has 0 radical (unpaired) electrons. The number of nitrogens with zero attached hydrogens (tertiary/aromatic N) is 1. The van der Waals surface area contributed by atoms with E-state index in [-0.39, 0.29) is 30.1 Å². The molecule has 5 nitrogen and oxygen atoms in total. The van der Waals surface area contributed by atoms with Crippen LogP contribution in [0.4, 0.5) is 0 Å². The number of carbonyl (C=O) groups is 1. The average Bonchev–Trinajstić information content (AvgIpc) is 3.20. The Balaban J connectivity index is 1.54. The molecule has 112 valence electrons. The summed E-state index contributed by atoms with van der Waals surface area (Å²) in [6.07, 6.45) is 2.09. The third kappa shape index (κ3) is 2.35. The molecule has 4 atom stereocenters. The minimum Gasteiger partial charge on any atom is -0.464 e. The van der Waals surface area contributed by atoms with Crippen LogP contribution in [-0.4, -0.2) is 42.5 Å². The predicted octanol–water partition coefficient (Wildman–Crippen LogP) is 1.52. The molecular weight excluding hydrogens is 270 g/mol. The van der Waals surface area contributed by atoms with Gasteiger partial charge in [-0.25, -0.2) is 0 Å². The number of hydroxylamine groups is 2. The topological polar surface area (TPSA) is 48.0 Å². The van der Waals surface area contributed by atoms with Crippen LogP contribution >= 0.6 is 0 Å². The van der Waals surface area contributed by atoms with Crippen molar-refractivity contribution in [3.05, 3.63) is 35.9 Å². The largest absolute Gasteiger partial charge is 0.464 e. The summed E-state index contributed by atoms with van der Waals surface area (Å²) in [5.41, 5.74) is 1.13. The Bertz CT molecular complexity index is 514. The zero-order valence-corrected chi connectivity index (χ0v) is 11.8. The van der Waals surface area contributed by atoms with E-state index in [2.05, 4.69) is 0 Å². The van der Waals surface area contributed by atoms with E-state index < -0.39 is 0 Å². The minimum atomic E-state index is -0.292. The van der Waals surface area contributed by atoms with Gasteiger partial charge in [0, 0.05) is 6.61 Å². The Kier molecular flexibility index (Phi) is 3.41. The molecule has 0 unspecified atom stereocenters. The van der Waals surface area contributed by atoms with Gasteiger partial charge in [0.2, 0.25) is 0 Å². The summed E-state index contributed by atoms with van der Waals surface area (Å²) in [5, 5.41) is 1.79. The van der Waals surface area contributed by atoms with Crippen molar-refractivity contribution in [3.8, 4) is 0 Å². The van der Waals surface area contributed by atoms with Gasteiger partial charge in [-0.1, -0.05) is 30.3 Å². The van der Waals surface area contributed by atoms with Crippen LogP contribution in [0.1, 0.15) is 18.4 Å². The monoisotopic (exact) mass is 289 g/mol. The fourth-order valence-corrected chi connectivity index (χ4v) is 3.54. The first kappa shape index (κ1) is 13.2. The molecule has 5 heteroatoms. The molecule has 0 bridgehead atoms. The Hall–Kier alpha value is -1.43. The maximum Gasteiger partial charge on any atom is 0.326 e. The second-order valence-corrected chi connectivity index (χ2v) is 5.92. The van der Waals surface area contributed by atoms with Crippen LogP contribution in [0.15, 0.2) is 30.3 Å². The van der Waals surface area contributed by atoms with Crippen molar-refractivity contribution >= 4 is 5.97 Å². The summed E-state index contributed by atoms with van der Waals surface area (Å²) < 4.78 is 11.0. The zero-order chi connectivity index (χ0) is 14.2. The highest BCUT2D eigenvalue weighted by molar-refractivity contribution is 5.78. The fraction of sp³-hybridized carbons (Fsp3) is 0.562. The van der Waals surface area contributed by atoms with Gasteiger partial charge in [-0.05, 0) is 18.4 Å². The van der Waals surface area contributed by atoms with E-state index in [4.69, 9.17) is 14.3 Å². The Labute approximate surface area is 123 Å². The molecular formula is C16H19NO4. The number of carbonyl (C=O) groups excluding carboxylic acids is 1. The average molecular weight is 289 g/mol. The second-order valence-electron chi connectivity index (χ2n) is 5.92. The van der Waals surface area contributed by atoms with Crippen molar-refractivity contribution in [1.29, 1.82) is 0 Å². The van der Waals surface area contributed by atoms with Gasteiger partial charge in [-0.2, -0.15) is 5.06 Å². The number of esters is 1. The van der Waals surface area contributed by atoms with Gasteiger partial charge in [0.15, 0.2) is 0 Å². The van der Waals surface area contributed by atoms with E-state index in [1.54, 1.807) is 5.06 Å². The SMILES string of the molecule is O=C1OC[C@@H]2[C@H]([C@H]3CCCO3)ON(Cc3ccccc3)[C@@H]12. The van der Waals surface area contributed by atoms with Crippen LogP contribution in [0.3, 0.4) is 0 Å². The van der Waals surface area contributed by atoms with E-state index in [0.717, 1.165) is 25.0 Å². The van der Waals surface area contributed by atoms with Gasteiger partial charge in [0.25, 0.3) is 0 Å². The lowest BCUT2D eigenvalue weighted by Gasteiger charge is -2.22. The van der Waals surface area contributed by atoms with Gasteiger partial charge in [0.05, 0.1) is 25.2 Å². The first-order chi connectivity index (χ1) is 10.3. The molecule has 0 saturated carbocycles. The summed E-state index contributed by atoms with van der Waals surface area (Å²) in [5.74, 6) is -0.0826. The van der Waals surface area contributed by atoms with E-state index in [1.807, 2.05) is 30.3 Å². The van der Waals surface area contributed by atoms with Crippen molar-refractivity contribution in [2.75, 3.05) is 13.2 Å². The van der Waals surface area contributed by atoms with Crippen LogP contribution in [0.25, 0.3) is 0 Å². The molecule has 3 saturated heterocycles. The van der Waals surface area contributed by atoms with E-state index in [0.29, 0.717) is 13.2 Å². The first-order valence-electron chi connectivity index (χ1n) is 7.58. The molecule has 21 heavy (non-hydrogen) atoms. The maximum atomic E-state index is 12.0. The maximum absolute atomic E-state index is 12.0. The molecule has 1 aromatic rings. The number of benzene rings is 1. The van der Waals surface area contributed by atoms with Gasteiger partial charge >= 0.3 is 5.97 Å². The molecule has 4 rings (SSSR count). The third-order valence-corrected chi connectivity index (χ3v) is 4.57. The normalized spacial score (nSPS) is 35.9. The first-order valence-corrected chi connectivity index (χ1v) is 7.58. The predicted molar refractivity (Wildman–Crippen MR) is 74.1 cm³/mol. The smallest absolute Gasteiger partial charge is 0.326 e.